The first kappa shape index (κ1) is 16.6. The Morgan fingerprint density at radius 3 is 2.70 bits per heavy atom. The molecule has 2 N–H and O–H groups in total. The van der Waals surface area contributed by atoms with E-state index < -0.39 is 10.0 Å². The predicted molar refractivity (Wildman–Crippen MR) is 92.8 cm³/mol. The number of sulfonamides is 1. The van der Waals surface area contributed by atoms with Crippen LogP contribution >= 0.6 is 11.3 Å². The third-order valence-electron chi connectivity index (χ3n) is 4.24. The molecule has 124 valence electrons. The van der Waals surface area contributed by atoms with Crippen LogP contribution in [0.5, 0.6) is 0 Å². The second kappa shape index (κ2) is 6.68. The molecule has 3 rings (SSSR count). The van der Waals surface area contributed by atoms with Crippen molar-refractivity contribution in [1.82, 2.24) is 9.29 Å². The smallest absolute Gasteiger partial charge is 0.243 e. The fourth-order valence-corrected chi connectivity index (χ4v) is 5.12. The maximum absolute atomic E-state index is 12.8. The summed E-state index contributed by atoms with van der Waals surface area (Å²) in [6, 6.07) is 7.07. The third kappa shape index (κ3) is 3.47. The molecule has 2 heterocycles. The average Bonchev–Trinajstić information content (AvgIpc) is 3.01. The van der Waals surface area contributed by atoms with Crippen LogP contribution in [0, 0.1) is 12.8 Å². The zero-order chi connectivity index (χ0) is 16.4. The van der Waals surface area contributed by atoms with E-state index in [1.807, 2.05) is 18.4 Å². The zero-order valence-corrected chi connectivity index (χ0v) is 14.7. The summed E-state index contributed by atoms with van der Waals surface area (Å²) >= 11 is 1.53. The monoisotopic (exact) mass is 351 g/mol. The summed E-state index contributed by atoms with van der Waals surface area (Å²) < 4.78 is 27.3. The summed E-state index contributed by atoms with van der Waals surface area (Å²) in [5, 5.41) is 2.81. The first-order valence-corrected chi connectivity index (χ1v) is 10.1. The molecule has 1 aliphatic heterocycles. The number of rotatable bonds is 4. The number of nitrogens with two attached hydrogens (primary N) is 1. The molecule has 0 amide bonds. The second-order valence-electron chi connectivity index (χ2n) is 5.91. The van der Waals surface area contributed by atoms with Crippen molar-refractivity contribution in [2.24, 2.45) is 11.7 Å². The zero-order valence-electron chi connectivity index (χ0n) is 13.1. The van der Waals surface area contributed by atoms with E-state index in [0.717, 1.165) is 29.1 Å². The molecule has 0 radical (unpaired) electrons. The lowest BCUT2D eigenvalue weighted by Gasteiger charge is -2.30. The molecule has 1 saturated heterocycles. The molecule has 7 heteroatoms. The maximum atomic E-state index is 12.8. The van der Waals surface area contributed by atoms with Gasteiger partial charge in [-0.05, 0) is 44.4 Å². The number of aryl methyl sites for hydroxylation is 1. The van der Waals surface area contributed by atoms with Crippen LogP contribution < -0.4 is 5.73 Å². The molecule has 0 spiro atoms. The standard InChI is InChI=1S/C16H21N3O2S2/c1-12-11-22-16(18-12)14-3-2-4-15(9-14)23(20,21)19-7-5-13(10-17)6-8-19/h2-4,9,11,13H,5-8,10,17H2,1H3. The molecule has 0 atom stereocenters. The predicted octanol–water partition coefficient (Wildman–Crippen LogP) is 2.48. The van der Waals surface area contributed by atoms with Gasteiger partial charge < -0.3 is 5.73 Å². The molecule has 1 aliphatic rings. The molecule has 23 heavy (non-hydrogen) atoms. The van der Waals surface area contributed by atoms with Gasteiger partial charge in [0.05, 0.1) is 4.90 Å². The molecule has 0 unspecified atom stereocenters. The molecule has 5 nitrogen and oxygen atoms in total. The van der Waals surface area contributed by atoms with E-state index in [9.17, 15) is 8.42 Å². The molecular weight excluding hydrogens is 330 g/mol. The highest BCUT2D eigenvalue weighted by atomic mass is 32.2. The quantitative estimate of drug-likeness (QED) is 0.918. The lowest BCUT2D eigenvalue weighted by molar-refractivity contribution is 0.278. The Kier molecular flexibility index (Phi) is 4.82. The highest BCUT2D eigenvalue weighted by Crippen LogP contribution is 2.28. The lowest BCUT2D eigenvalue weighted by Crippen LogP contribution is -2.40. The average molecular weight is 351 g/mol. The number of nitrogens with zero attached hydrogens (tertiary/aromatic N) is 2. The van der Waals surface area contributed by atoms with Gasteiger partial charge in [0.15, 0.2) is 0 Å². The molecule has 1 aromatic heterocycles. The Morgan fingerprint density at radius 2 is 2.09 bits per heavy atom. The topological polar surface area (TPSA) is 76.3 Å². The Balaban J connectivity index is 1.86. The molecule has 1 fully saturated rings. The van der Waals surface area contributed by atoms with Gasteiger partial charge in [0.2, 0.25) is 10.0 Å². The van der Waals surface area contributed by atoms with Gasteiger partial charge in [-0.1, -0.05) is 12.1 Å². The van der Waals surface area contributed by atoms with Gasteiger partial charge in [0, 0.05) is 29.7 Å². The minimum Gasteiger partial charge on any atom is -0.330 e. The molecule has 2 aromatic rings. The first-order valence-electron chi connectivity index (χ1n) is 7.73. The van der Waals surface area contributed by atoms with Crippen molar-refractivity contribution in [1.29, 1.82) is 0 Å². The number of piperidine rings is 1. The van der Waals surface area contributed by atoms with Crippen molar-refractivity contribution < 1.29 is 8.42 Å². The minimum absolute atomic E-state index is 0.342. The molecule has 0 saturated carbocycles. The highest BCUT2D eigenvalue weighted by molar-refractivity contribution is 7.89. The van der Waals surface area contributed by atoms with Crippen molar-refractivity contribution in [3.63, 3.8) is 0 Å². The summed E-state index contributed by atoms with van der Waals surface area (Å²) in [6.07, 6.45) is 1.67. The third-order valence-corrected chi connectivity index (χ3v) is 7.15. The van der Waals surface area contributed by atoms with Crippen LogP contribution in [0.4, 0.5) is 0 Å². The van der Waals surface area contributed by atoms with Gasteiger partial charge in [-0.3, -0.25) is 0 Å². The van der Waals surface area contributed by atoms with E-state index in [0.29, 0.717) is 30.4 Å². The fraction of sp³-hybridized carbons (Fsp3) is 0.438. The van der Waals surface area contributed by atoms with Crippen molar-refractivity contribution in [2.45, 2.75) is 24.7 Å². The van der Waals surface area contributed by atoms with Crippen LogP contribution in [-0.2, 0) is 10.0 Å². The first-order chi connectivity index (χ1) is 11.0. The van der Waals surface area contributed by atoms with E-state index in [-0.39, 0.29) is 0 Å². The number of hydrogen-bond acceptors (Lipinski definition) is 5. The summed E-state index contributed by atoms with van der Waals surface area (Å²) in [7, 11) is -3.45. The molecule has 1 aromatic carbocycles. The van der Waals surface area contributed by atoms with Crippen LogP contribution in [0.15, 0.2) is 34.5 Å². The summed E-state index contributed by atoms with van der Waals surface area (Å²) in [5.41, 5.74) is 7.48. The molecule has 0 bridgehead atoms. The molecular formula is C16H21N3O2S2. The maximum Gasteiger partial charge on any atom is 0.243 e. The number of benzene rings is 1. The number of aromatic nitrogens is 1. The van der Waals surface area contributed by atoms with Gasteiger partial charge in [-0.25, -0.2) is 13.4 Å². The highest BCUT2D eigenvalue weighted by Gasteiger charge is 2.29. The van der Waals surface area contributed by atoms with Crippen molar-refractivity contribution in [2.75, 3.05) is 19.6 Å². The van der Waals surface area contributed by atoms with Gasteiger partial charge in [-0.2, -0.15) is 4.31 Å². The normalized spacial score (nSPS) is 17.5. The van der Waals surface area contributed by atoms with Crippen LogP contribution in [0.1, 0.15) is 18.5 Å². The van der Waals surface area contributed by atoms with Crippen LogP contribution in [0.2, 0.25) is 0 Å². The van der Waals surface area contributed by atoms with Crippen molar-refractivity contribution >= 4 is 21.4 Å². The van der Waals surface area contributed by atoms with E-state index in [1.165, 1.54) is 11.3 Å². The van der Waals surface area contributed by atoms with Gasteiger partial charge in [0.1, 0.15) is 5.01 Å². The Morgan fingerprint density at radius 1 is 1.35 bits per heavy atom. The second-order valence-corrected chi connectivity index (χ2v) is 8.70. The van der Waals surface area contributed by atoms with Crippen LogP contribution in [0.25, 0.3) is 10.6 Å². The summed E-state index contributed by atoms with van der Waals surface area (Å²) in [6.45, 7) is 3.66. The van der Waals surface area contributed by atoms with Gasteiger partial charge in [0.25, 0.3) is 0 Å². The summed E-state index contributed by atoms with van der Waals surface area (Å²) in [4.78, 5) is 4.78. The minimum atomic E-state index is -3.45. The summed E-state index contributed by atoms with van der Waals surface area (Å²) in [5.74, 6) is 0.436. The van der Waals surface area contributed by atoms with Gasteiger partial charge in [-0.15, -0.1) is 11.3 Å². The Hall–Kier alpha value is -1.28. The van der Waals surface area contributed by atoms with Gasteiger partial charge >= 0.3 is 0 Å². The number of hydrogen-bond donors (Lipinski definition) is 1. The van der Waals surface area contributed by atoms with Crippen molar-refractivity contribution in [3.8, 4) is 10.6 Å². The van der Waals surface area contributed by atoms with E-state index in [4.69, 9.17) is 5.73 Å². The molecule has 0 aliphatic carbocycles. The van der Waals surface area contributed by atoms with E-state index in [2.05, 4.69) is 4.98 Å². The van der Waals surface area contributed by atoms with Crippen LogP contribution in [0.3, 0.4) is 0 Å². The largest absolute Gasteiger partial charge is 0.330 e. The number of thiazole rings is 1. The Bertz CT molecular complexity index is 778. The lowest BCUT2D eigenvalue weighted by atomic mass is 9.99. The SMILES string of the molecule is Cc1csc(-c2cccc(S(=O)(=O)N3CCC(CN)CC3)c2)n1. The fourth-order valence-electron chi connectivity index (χ4n) is 2.81. The van der Waals surface area contributed by atoms with Crippen molar-refractivity contribution in [3.05, 3.63) is 35.3 Å². The van der Waals surface area contributed by atoms with E-state index in [1.54, 1.807) is 22.5 Å². The Labute approximate surface area is 141 Å². The van der Waals surface area contributed by atoms with E-state index >= 15 is 0 Å². The van der Waals surface area contributed by atoms with Crippen LogP contribution in [-0.4, -0.2) is 37.3 Å².